The Hall–Kier alpha value is -2.64. The highest BCUT2D eigenvalue weighted by Crippen LogP contribution is 2.24. The Kier molecular flexibility index (Phi) is 5.06. The van der Waals surface area contributed by atoms with Gasteiger partial charge >= 0.3 is 6.09 Å². The maximum atomic E-state index is 13.5. The lowest BCUT2D eigenvalue weighted by atomic mass is 10.2. The van der Waals surface area contributed by atoms with Gasteiger partial charge in [-0.1, -0.05) is 0 Å². The predicted molar refractivity (Wildman–Crippen MR) is 86.1 cm³/mol. The molecule has 2 rings (SSSR count). The normalized spacial score (nSPS) is 17.2. The van der Waals surface area contributed by atoms with Crippen molar-refractivity contribution in [2.45, 2.75) is 45.3 Å². The van der Waals surface area contributed by atoms with E-state index in [-0.39, 0.29) is 23.7 Å². The minimum absolute atomic E-state index is 0.0898. The SMILES string of the molecule is CC(C)(C)OC(=O)Nc1ccc(F)cc1NC(=O)[C@@H]1CCC(=O)N1. The van der Waals surface area contributed by atoms with Gasteiger partial charge in [0.2, 0.25) is 11.8 Å². The number of hydrogen-bond donors (Lipinski definition) is 3. The number of ether oxygens (including phenoxy) is 1. The van der Waals surface area contributed by atoms with Crippen LogP contribution in [-0.2, 0) is 14.3 Å². The number of halogens is 1. The van der Waals surface area contributed by atoms with Gasteiger partial charge in [0, 0.05) is 6.42 Å². The van der Waals surface area contributed by atoms with Crippen LogP contribution in [0.25, 0.3) is 0 Å². The number of rotatable bonds is 3. The van der Waals surface area contributed by atoms with Crippen molar-refractivity contribution in [3.05, 3.63) is 24.0 Å². The van der Waals surface area contributed by atoms with Crippen LogP contribution in [0.5, 0.6) is 0 Å². The molecule has 0 spiro atoms. The summed E-state index contributed by atoms with van der Waals surface area (Å²) in [6.07, 6.45) is -0.0854. The molecule has 1 aliphatic heterocycles. The summed E-state index contributed by atoms with van der Waals surface area (Å²) in [5, 5.41) is 7.51. The average molecular weight is 337 g/mol. The third-order valence-electron chi connectivity index (χ3n) is 3.19. The Balaban J connectivity index is 2.11. The van der Waals surface area contributed by atoms with Gasteiger partial charge in [0.15, 0.2) is 0 Å². The first kappa shape index (κ1) is 17.7. The van der Waals surface area contributed by atoms with Gasteiger partial charge in [-0.2, -0.15) is 0 Å². The molecule has 0 saturated carbocycles. The van der Waals surface area contributed by atoms with Crippen molar-refractivity contribution in [1.82, 2.24) is 5.32 Å². The van der Waals surface area contributed by atoms with Crippen molar-refractivity contribution >= 4 is 29.3 Å². The fourth-order valence-electron chi connectivity index (χ4n) is 2.17. The largest absolute Gasteiger partial charge is 0.444 e. The van der Waals surface area contributed by atoms with E-state index in [0.29, 0.717) is 6.42 Å². The van der Waals surface area contributed by atoms with Gasteiger partial charge in [0.1, 0.15) is 17.5 Å². The fraction of sp³-hybridized carbons (Fsp3) is 0.438. The molecule has 0 aliphatic carbocycles. The summed E-state index contributed by atoms with van der Waals surface area (Å²) in [4.78, 5) is 35.2. The lowest BCUT2D eigenvalue weighted by Gasteiger charge is -2.21. The van der Waals surface area contributed by atoms with Gasteiger partial charge in [0.25, 0.3) is 0 Å². The van der Waals surface area contributed by atoms with Crippen molar-refractivity contribution in [2.24, 2.45) is 0 Å². The van der Waals surface area contributed by atoms with Crippen molar-refractivity contribution < 1.29 is 23.5 Å². The molecule has 8 heteroatoms. The molecule has 1 fully saturated rings. The van der Waals surface area contributed by atoms with E-state index in [4.69, 9.17) is 4.74 Å². The van der Waals surface area contributed by atoms with E-state index < -0.39 is 29.5 Å². The van der Waals surface area contributed by atoms with Gasteiger partial charge < -0.3 is 15.4 Å². The van der Waals surface area contributed by atoms with Gasteiger partial charge in [0.05, 0.1) is 11.4 Å². The standard InChI is InChI=1S/C16H20FN3O4/c1-16(2,3)24-15(23)20-10-5-4-9(17)8-12(10)19-14(22)11-6-7-13(21)18-11/h4-5,8,11H,6-7H2,1-3H3,(H,18,21)(H,19,22)(H,20,23)/t11-/m0/s1. The first-order valence-corrected chi connectivity index (χ1v) is 7.54. The van der Waals surface area contributed by atoms with Crippen LogP contribution in [0.1, 0.15) is 33.6 Å². The predicted octanol–water partition coefficient (Wildman–Crippen LogP) is 2.39. The Bertz CT molecular complexity index is 670. The van der Waals surface area contributed by atoms with Gasteiger partial charge in [-0.25, -0.2) is 9.18 Å². The van der Waals surface area contributed by atoms with Crippen molar-refractivity contribution in [3.63, 3.8) is 0 Å². The molecular formula is C16H20FN3O4. The monoisotopic (exact) mass is 337 g/mol. The minimum atomic E-state index is -0.723. The van der Waals surface area contributed by atoms with E-state index >= 15 is 0 Å². The maximum absolute atomic E-state index is 13.5. The molecule has 24 heavy (non-hydrogen) atoms. The third-order valence-corrected chi connectivity index (χ3v) is 3.19. The zero-order valence-corrected chi connectivity index (χ0v) is 13.7. The van der Waals surface area contributed by atoms with Crippen molar-refractivity contribution in [2.75, 3.05) is 10.6 Å². The Morgan fingerprint density at radius 1 is 1.25 bits per heavy atom. The quantitative estimate of drug-likeness (QED) is 0.789. The van der Waals surface area contributed by atoms with Crippen LogP contribution in [0.2, 0.25) is 0 Å². The molecule has 0 bridgehead atoms. The van der Waals surface area contributed by atoms with E-state index in [1.807, 2.05) is 0 Å². The van der Waals surface area contributed by atoms with Crippen LogP contribution in [-0.4, -0.2) is 29.6 Å². The van der Waals surface area contributed by atoms with E-state index in [1.54, 1.807) is 20.8 Å². The molecule has 0 unspecified atom stereocenters. The molecule has 0 aromatic heterocycles. The van der Waals surface area contributed by atoms with E-state index in [9.17, 15) is 18.8 Å². The first-order valence-electron chi connectivity index (χ1n) is 7.54. The second kappa shape index (κ2) is 6.86. The number of hydrogen-bond acceptors (Lipinski definition) is 4. The van der Waals surface area contributed by atoms with E-state index in [2.05, 4.69) is 16.0 Å². The molecule has 1 aromatic carbocycles. The lowest BCUT2D eigenvalue weighted by molar-refractivity contribution is -0.122. The van der Waals surface area contributed by atoms with E-state index in [1.165, 1.54) is 6.07 Å². The molecular weight excluding hydrogens is 317 g/mol. The van der Waals surface area contributed by atoms with Gasteiger partial charge in [-0.3, -0.25) is 14.9 Å². The van der Waals surface area contributed by atoms with Crippen molar-refractivity contribution in [3.8, 4) is 0 Å². The number of carbonyl (C=O) groups excluding carboxylic acids is 3. The number of nitrogens with one attached hydrogen (secondary N) is 3. The molecule has 1 atom stereocenters. The summed E-state index contributed by atoms with van der Waals surface area (Å²) in [6, 6.07) is 2.89. The highest BCUT2D eigenvalue weighted by molar-refractivity contribution is 6.02. The van der Waals surface area contributed by atoms with Crippen molar-refractivity contribution in [1.29, 1.82) is 0 Å². The highest BCUT2D eigenvalue weighted by atomic mass is 19.1. The molecule has 7 nitrogen and oxygen atoms in total. The fourth-order valence-corrected chi connectivity index (χ4v) is 2.17. The number of carbonyl (C=O) groups is 3. The van der Waals surface area contributed by atoms with E-state index in [0.717, 1.165) is 12.1 Å². The molecule has 3 amide bonds. The maximum Gasteiger partial charge on any atom is 0.412 e. The highest BCUT2D eigenvalue weighted by Gasteiger charge is 2.28. The van der Waals surface area contributed by atoms with Gasteiger partial charge in [-0.05, 0) is 45.4 Å². The van der Waals surface area contributed by atoms with Crippen LogP contribution in [0.3, 0.4) is 0 Å². The number of amides is 3. The second-order valence-corrected chi connectivity index (χ2v) is 6.46. The molecule has 130 valence electrons. The number of anilines is 2. The Morgan fingerprint density at radius 2 is 1.96 bits per heavy atom. The summed E-state index contributed by atoms with van der Waals surface area (Å²) >= 11 is 0. The van der Waals surface area contributed by atoms with Crippen LogP contribution in [0.4, 0.5) is 20.6 Å². The Morgan fingerprint density at radius 3 is 2.54 bits per heavy atom. The molecule has 1 saturated heterocycles. The molecule has 0 radical (unpaired) electrons. The summed E-state index contributed by atoms with van der Waals surface area (Å²) in [7, 11) is 0. The molecule has 3 N–H and O–H groups in total. The zero-order valence-electron chi connectivity index (χ0n) is 13.7. The molecule has 1 heterocycles. The van der Waals surface area contributed by atoms with Crippen LogP contribution in [0, 0.1) is 5.82 Å². The lowest BCUT2D eigenvalue weighted by Crippen LogP contribution is -2.37. The average Bonchev–Trinajstić information content (AvgIpc) is 2.86. The summed E-state index contributed by atoms with van der Waals surface area (Å²) in [5.74, 6) is -1.25. The van der Waals surface area contributed by atoms with Crippen LogP contribution >= 0.6 is 0 Å². The summed E-state index contributed by atoms with van der Waals surface area (Å²) in [5.41, 5.74) is -0.405. The third kappa shape index (κ3) is 4.94. The second-order valence-electron chi connectivity index (χ2n) is 6.46. The summed E-state index contributed by atoms with van der Waals surface area (Å²) < 4.78 is 18.6. The van der Waals surface area contributed by atoms with Crippen LogP contribution < -0.4 is 16.0 Å². The smallest absolute Gasteiger partial charge is 0.412 e. The zero-order chi connectivity index (χ0) is 17.9. The van der Waals surface area contributed by atoms with Crippen LogP contribution in [0.15, 0.2) is 18.2 Å². The topological polar surface area (TPSA) is 96.5 Å². The Labute approximate surface area is 138 Å². The first-order chi connectivity index (χ1) is 11.1. The van der Waals surface area contributed by atoms with Gasteiger partial charge in [-0.15, -0.1) is 0 Å². The molecule has 1 aromatic rings. The number of benzene rings is 1. The summed E-state index contributed by atoms with van der Waals surface area (Å²) in [6.45, 7) is 5.13. The minimum Gasteiger partial charge on any atom is -0.444 e. The molecule has 1 aliphatic rings.